The maximum absolute atomic E-state index is 13.8. The number of primary amides is 1. The molecule has 0 saturated heterocycles. The van der Waals surface area contributed by atoms with E-state index in [1.165, 1.54) is 6.07 Å². The molecule has 3 aliphatic rings. The van der Waals surface area contributed by atoms with Gasteiger partial charge in [-0.1, -0.05) is 26.8 Å². The minimum absolute atomic E-state index is 0.111. The molecule has 36 heavy (non-hydrogen) atoms. The van der Waals surface area contributed by atoms with Crippen LogP contribution in [0.5, 0.6) is 5.75 Å². The second-order valence-corrected chi connectivity index (χ2v) is 10.6. The zero-order valence-corrected chi connectivity index (χ0v) is 21.0. The molecule has 1 fully saturated rings. The van der Waals surface area contributed by atoms with Gasteiger partial charge in [0.1, 0.15) is 22.8 Å². The van der Waals surface area contributed by atoms with Crippen LogP contribution in [0.1, 0.15) is 57.2 Å². The average Bonchev–Trinajstić information content (AvgIpc) is 2.80. The van der Waals surface area contributed by atoms with Crippen LogP contribution in [0.15, 0.2) is 29.0 Å². The third kappa shape index (κ3) is 3.64. The zero-order valence-electron chi connectivity index (χ0n) is 21.0. The van der Waals surface area contributed by atoms with Crippen LogP contribution in [0.3, 0.4) is 0 Å². The SMILES string of the molecule is CCC(C)NCc1ccc(O)c2c1C[C@H]1C[C@H]3[C@H](C(C)C)C(=O)C(C(N)=O)=C(O)[C@@]3(O)C(=O)C1=C2O. The van der Waals surface area contributed by atoms with Crippen molar-refractivity contribution in [2.75, 3.05) is 0 Å². The van der Waals surface area contributed by atoms with Crippen LogP contribution in [-0.2, 0) is 27.3 Å². The molecule has 1 aromatic carbocycles. The molecular weight excluding hydrogens is 464 g/mol. The summed E-state index contributed by atoms with van der Waals surface area (Å²) in [4.78, 5) is 39.0. The lowest BCUT2D eigenvalue weighted by Gasteiger charge is -2.50. The van der Waals surface area contributed by atoms with Gasteiger partial charge in [0.15, 0.2) is 11.4 Å². The molecule has 9 heteroatoms. The molecule has 194 valence electrons. The quantitative estimate of drug-likeness (QED) is 0.324. The summed E-state index contributed by atoms with van der Waals surface area (Å²) >= 11 is 0. The number of aromatic hydroxyl groups is 1. The molecule has 0 bridgehead atoms. The fourth-order valence-corrected chi connectivity index (χ4v) is 6.14. The maximum Gasteiger partial charge on any atom is 0.255 e. The number of phenols is 1. The summed E-state index contributed by atoms with van der Waals surface area (Å²) in [5.74, 6) is -7.51. The highest BCUT2D eigenvalue weighted by Crippen LogP contribution is 2.54. The van der Waals surface area contributed by atoms with Crippen molar-refractivity contribution in [3.05, 3.63) is 45.7 Å². The summed E-state index contributed by atoms with van der Waals surface area (Å²) in [5.41, 5.74) is 3.53. The number of fused-ring (bicyclic) bond motifs is 3. The normalized spacial score (nSPS) is 28.7. The third-order valence-electron chi connectivity index (χ3n) is 8.20. The van der Waals surface area contributed by atoms with Crippen molar-refractivity contribution in [1.82, 2.24) is 5.32 Å². The predicted molar refractivity (Wildman–Crippen MR) is 132 cm³/mol. The van der Waals surface area contributed by atoms with Gasteiger partial charge in [0.05, 0.1) is 5.56 Å². The summed E-state index contributed by atoms with van der Waals surface area (Å²) in [6.45, 7) is 8.08. The highest BCUT2D eigenvalue weighted by atomic mass is 16.3. The number of aliphatic hydroxyl groups excluding tert-OH is 2. The van der Waals surface area contributed by atoms with E-state index < -0.39 is 57.9 Å². The number of Topliss-reactive ketones (excluding diaryl/α,β-unsaturated/α-hetero) is 2. The van der Waals surface area contributed by atoms with Crippen LogP contribution in [0.2, 0.25) is 0 Å². The predicted octanol–water partition coefficient (Wildman–Crippen LogP) is 2.19. The molecule has 1 saturated carbocycles. The van der Waals surface area contributed by atoms with E-state index >= 15 is 0 Å². The molecule has 0 heterocycles. The number of ketones is 2. The van der Waals surface area contributed by atoms with Crippen LogP contribution in [0.4, 0.5) is 0 Å². The van der Waals surface area contributed by atoms with Crippen molar-refractivity contribution in [1.29, 1.82) is 0 Å². The fraction of sp³-hybridized carbons (Fsp3) is 0.519. The lowest BCUT2D eigenvalue weighted by atomic mass is 9.54. The van der Waals surface area contributed by atoms with Crippen molar-refractivity contribution in [2.45, 2.75) is 65.1 Å². The van der Waals surface area contributed by atoms with Crippen molar-refractivity contribution >= 4 is 23.2 Å². The van der Waals surface area contributed by atoms with Crippen molar-refractivity contribution < 1.29 is 34.8 Å². The molecule has 9 nitrogen and oxygen atoms in total. The van der Waals surface area contributed by atoms with Crippen molar-refractivity contribution in [3.8, 4) is 5.75 Å². The number of rotatable bonds is 6. The number of aliphatic hydroxyl groups is 3. The van der Waals surface area contributed by atoms with Crippen molar-refractivity contribution in [3.63, 3.8) is 0 Å². The topological polar surface area (TPSA) is 170 Å². The Labute approximate surface area is 209 Å². The standard InChI is InChI=1S/C27H34N2O7/c1-5-12(4)29-10-13-6-7-17(30)20-15(13)8-14-9-16-18(11(2)3)22(31)21(26(28)35)25(34)27(16,36)24(33)19(14)23(20)32/h6-7,11-12,14,16,18,29-30,32,34,36H,5,8-10H2,1-4H3,(H2,28,35)/t12?,14-,16-,18-,27-/m0/s1. The number of nitrogens with two attached hydrogens (primary N) is 1. The summed E-state index contributed by atoms with van der Waals surface area (Å²) in [6, 6.07) is 3.47. The van der Waals surface area contributed by atoms with Crippen LogP contribution in [0.25, 0.3) is 5.76 Å². The molecule has 0 aromatic heterocycles. The first-order valence-electron chi connectivity index (χ1n) is 12.4. The van der Waals surface area contributed by atoms with E-state index in [1.807, 2.05) is 0 Å². The monoisotopic (exact) mass is 498 g/mol. The lowest BCUT2D eigenvalue weighted by molar-refractivity contribution is -0.155. The molecule has 0 aliphatic heterocycles. The average molecular weight is 499 g/mol. The van der Waals surface area contributed by atoms with E-state index in [0.29, 0.717) is 18.5 Å². The van der Waals surface area contributed by atoms with Gasteiger partial charge in [-0.25, -0.2) is 0 Å². The number of carbonyl (C=O) groups is 3. The number of amides is 1. The van der Waals surface area contributed by atoms with Crippen LogP contribution < -0.4 is 11.1 Å². The van der Waals surface area contributed by atoms with Gasteiger partial charge in [0.25, 0.3) is 5.91 Å². The number of hydrogen-bond donors (Lipinski definition) is 6. The fourth-order valence-electron chi connectivity index (χ4n) is 6.14. The summed E-state index contributed by atoms with van der Waals surface area (Å²) < 4.78 is 0. The number of nitrogens with one attached hydrogen (secondary N) is 1. The first-order chi connectivity index (χ1) is 16.9. The van der Waals surface area contributed by atoms with Gasteiger partial charge in [0, 0.05) is 30.0 Å². The Bertz CT molecular complexity index is 1210. The third-order valence-corrected chi connectivity index (χ3v) is 8.20. The first-order valence-corrected chi connectivity index (χ1v) is 12.4. The summed E-state index contributed by atoms with van der Waals surface area (Å²) in [7, 11) is 0. The Morgan fingerprint density at radius 2 is 1.86 bits per heavy atom. The van der Waals surface area contributed by atoms with Crippen LogP contribution in [-0.4, -0.2) is 49.5 Å². The van der Waals surface area contributed by atoms with Crippen LogP contribution >= 0.6 is 0 Å². The van der Waals surface area contributed by atoms with Gasteiger partial charge < -0.3 is 31.5 Å². The Morgan fingerprint density at radius 1 is 1.19 bits per heavy atom. The molecule has 3 aliphatic carbocycles. The highest BCUT2D eigenvalue weighted by Gasteiger charge is 2.64. The number of hydrogen-bond acceptors (Lipinski definition) is 8. The molecule has 7 N–H and O–H groups in total. The zero-order chi connectivity index (χ0) is 26.7. The van der Waals surface area contributed by atoms with Gasteiger partial charge in [-0.3, -0.25) is 14.4 Å². The smallest absolute Gasteiger partial charge is 0.255 e. The van der Waals surface area contributed by atoms with E-state index in [-0.39, 0.29) is 35.3 Å². The second kappa shape index (κ2) is 9.05. The van der Waals surface area contributed by atoms with E-state index in [1.54, 1.807) is 19.9 Å². The van der Waals surface area contributed by atoms with Crippen molar-refractivity contribution in [2.24, 2.45) is 29.4 Å². The summed E-state index contributed by atoms with van der Waals surface area (Å²) in [5, 5.41) is 47.8. The number of carbonyl (C=O) groups excluding carboxylic acids is 3. The first kappa shape index (κ1) is 25.9. The molecule has 0 spiro atoms. The lowest BCUT2D eigenvalue weighted by Crippen LogP contribution is -2.62. The van der Waals surface area contributed by atoms with Gasteiger partial charge >= 0.3 is 0 Å². The maximum atomic E-state index is 13.8. The number of benzene rings is 1. The largest absolute Gasteiger partial charge is 0.508 e. The Balaban J connectivity index is 1.89. The molecule has 1 aromatic rings. The van der Waals surface area contributed by atoms with Gasteiger partial charge in [-0.2, -0.15) is 0 Å². The minimum Gasteiger partial charge on any atom is -0.508 e. The molecule has 1 unspecified atom stereocenters. The molecule has 0 radical (unpaired) electrons. The molecular formula is C27H34N2O7. The Hall–Kier alpha value is -3.17. The minimum atomic E-state index is -2.59. The summed E-state index contributed by atoms with van der Waals surface area (Å²) in [6.07, 6.45) is 1.33. The molecule has 5 atom stereocenters. The number of phenolic OH excluding ortho intramolecular Hbond substituents is 1. The molecule has 1 amide bonds. The molecule has 4 rings (SSSR count). The van der Waals surface area contributed by atoms with Gasteiger partial charge in [-0.15, -0.1) is 0 Å². The second-order valence-electron chi connectivity index (χ2n) is 10.6. The van der Waals surface area contributed by atoms with E-state index in [2.05, 4.69) is 19.2 Å². The van der Waals surface area contributed by atoms with E-state index in [0.717, 1.165) is 12.0 Å². The Kier molecular flexibility index (Phi) is 6.51. The van der Waals surface area contributed by atoms with Gasteiger partial charge in [-0.05, 0) is 55.2 Å². The van der Waals surface area contributed by atoms with E-state index in [4.69, 9.17) is 5.73 Å². The Morgan fingerprint density at radius 3 is 2.44 bits per heavy atom. The van der Waals surface area contributed by atoms with Crippen LogP contribution in [0, 0.1) is 23.7 Å². The van der Waals surface area contributed by atoms with E-state index in [9.17, 15) is 34.8 Å². The highest BCUT2D eigenvalue weighted by molar-refractivity contribution is 6.23. The van der Waals surface area contributed by atoms with Gasteiger partial charge in [0.2, 0.25) is 5.78 Å².